The second kappa shape index (κ2) is 3.93. The van der Waals surface area contributed by atoms with Gasteiger partial charge in [0.15, 0.2) is 0 Å². The summed E-state index contributed by atoms with van der Waals surface area (Å²) < 4.78 is 0. The first kappa shape index (κ1) is 10.0. The minimum absolute atomic E-state index is 0.137. The van der Waals surface area contributed by atoms with Crippen molar-refractivity contribution >= 4 is 5.97 Å². The molecule has 1 unspecified atom stereocenters. The standard InChI is InChI=1S/C12H14O3/c13-10-6-2-5-9(7-10)11(12(14)15)8-3-1-4-8/h2,5-8,11,13H,1,3-4H2,(H,14,15). The fourth-order valence-corrected chi connectivity index (χ4v) is 2.11. The van der Waals surface area contributed by atoms with E-state index in [2.05, 4.69) is 0 Å². The van der Waals surface area contributed by atoms with E-state index >= 15 is 0 Å². The lowest BCUT2D eigenvalue weighted by Gasteiger charge is -2.31. The maximum absolute atomic E-state index is 11.2. The van der Waals surface area contributed by atoms with Crippen molar-refractivity contribution in [1.29, 1.82) is 0 Å². The zero-order valence-electron chi connectivity index (χ0n) is 8.39. The van der Waals surface area contributed by atoms with Crippen LogP contribution in [0.1, 0.15) is 30.7 Å². The zero-order valence-corrected chi connectivity index (χ0v) is 8.39. The van der Waals surface area contributed by atoms with Crippen LogP contribution in [0.5, 0.6) is 5.75 Å². The molecule has 0 aliphatic heterocycles. The summed E-state index contributed by atoms with van der Waals surface area (Å²) in [6, 6.07) is 6.58. The van der Waals surface area contributed by atoms with E-state index < -0.39 is 11.9 Å². The SMILES string of the molecule is O=C(O)C(c1cccc(O)c1)C1CCC1. The molecule has 0 spiro atoms. The van der Waals surface area contributed by atoms with Gasteiger partial charge in [0.2, 0.25) is 0 Å². The maximum Gasteiger partial charge on any atom is 0.311 e. The van der Waals surface area contributed by atoms with Gasteiger partial charge >= 0.3 is 5.97 Å². The molecule has 1 saturated carbocycles. The summed E-state index contributed by atoms with van der Waals surface area (Å²) in [5.41, 5.74) is 0.715. The topological polar surface area (TPSA) is 57.5 Å². The highest BCUT2D eigenvalue weighted by atomic mass is 16.4. The van der Waals surface area contributed by atoms with E-state index in [0.717, 1.165) is 19.3 Å². The van der Waals surface area contributed by atoms with Gasteiger partial charge in [-0.05, 0) is 36.5 Å². The number of phenolic OH excluding ortho intramolecular Hbond substituents is 1. The molecule has 1 aliphatic carbocycles. The van der Waals surface area contributed by atoms with Gasteiger partial charge < -0.3 is 10.2 Å². The molecule has 3 heteroatoms. The number of hydrogen-bond donors (Lipinski definition) is 2. The third-order valence-corrected chi connectivity index (χ3v) is 3.12. The predicted octanol–water partition coefficient (Wildman–Crippen LogP) is 2.36. The van der Waals surface area contributed by atoms with Crippen LogP contribution in [-0.2, 0) is 4.79 Å². The van der Waals surface area contributed by atoms with Gasteiger partial charge in [-0.2, -0.15) is 0 Å². The second-order valence-electron chi connectivity index (χ2n) is 4.10. The Balaban J connectivity index is 2.27. The first-order chi connectivity index (χ1) is 7.18. The van der Waals surface area contributed by atoms with Gasteiger partial charge in [-0.25, -0.2) is 0 Å². The molecule has 1 aliphatic rings. The summed E-state index contributed by atoms with van der Waals surface area (Å²) >= 11 is 0. The van der Waals surface area contributed by atoms with Gasteiger partial charge in [-0.3, -0.25) is 4.79 Å². The lowest BCUT2D eigenvalue weighted by Crippen LogP contribution is -2.26. The first-order valence-electron chi connectivity index (χ1n) is 5.20. The lowest BCUT2D eigenvalue weighted by molar-refractivity contribution is -0.141. The fraction of sp³-hybridized carbons (Fsp3) is 0.417. The number of benzene rings is 1. The van der Waals surface area contributed by atoms with Crippen molar-refractivity contribution in [3.05, 3.63) is 29.8 Å². The van der Waals surface area contributed by atoms with Crippen LogP contribution in [0.4, 0.5) is 0 Å². The molecule has 3 nitrogen and oxygen atoms in total. The van der Waals surface area contributed by atoms with Crippen molar-refractivity contribution in [3.8, 4) is 5.75 Å². The molecule has 1 fully saturated rings. The Labute approximate surface area is 88.4 Å². The summed E-state index contributed by atoms with van der Waals surface area (Å²) in [5.74, 6) is -0.862. The molecule has 15 heavy (non-hydrogen) atoms. The van der Waals surface area contributed by atoms with Gasteiger partial charge in [0.25, 0.3) is 0 Å². The Morgan fingerprint density at radius 2 is 2.13 bits per heavy atom. The third kappa shape index (κ3) is 1.96. The summed E-state index contributed by atoms with van der Waals surface area (Å²) in [7, 11) is 0. The number of carboxylic acids is 1. The highest BCUT2D eigenvalue weighted by molar-refractivity contribution is 5.76. The molecule has 2 N–H and O–H groups in total. The van der Waals surface area contributed by atoms with Crippen molar-refractivity contribution in [2.45, 2.75) is 25.2 Å². The second-order valence-corrected chi connectivity index (χ2v) is 4.10. The molecule has 80 valence electrons. The highest BCUT2D eigenvalue weighted by Crippen LogP contribution is 2.40. The van der Waals surface area contributed by atoms with Crippen LogP contribution in [0.2, 0.25) is 0 Å². The number of carbonyl (C=O) groups is 1. The maximum atomic E-state index is 11.2. The average Bonchev–Trinajstić information content (AvgIpc) is 2.10. The van der Waals surface area contributed by atoms with E-state index in [4.69, 9.17) is 0 Å². The van der Waals surface area contributed by atoms with E-state index in [1.165, 1.54) is 0 Å². The molecular formula is C12H14O3. The molecular weight excluding hydrogens is 192 g/mol. The van der Waals surface area contributed by atoms with Crippen molar-refractivity contribution in [3.63, 3.8) is 0 Å². The number of carboxylic acid groups (broad SMARTS) is 1. The van der Waals surface area contributed by atoms with Gasteiger partial charge in [0, 0.05) is 0 Å². The van der Waals surface area contributed by atoms with E-state index in [1.807, 2.05) is 0 Å². The molecule has 0 saturated heterocycles. The van der Waals surface area contributed by atoms with Crippen LogP contribution in [0.25, 0.3) is 0 Å². The minimum atomic E-state index is -0.787. The number of aromatic hydroxyl groups is 1. The molecule has 1 aromatic rings. The Bertz CT molecular complexity index is 369. The summed E-state index contributed by atoms with van der Waals surface area (Å²) in [6.45, 7) is 0. The lowest BCUT2D eigenvalue weighted by atomic mass is 9.73. The Morgan fingerprint density at radius 1 is 1.40 bits per heavy atom. The van der Waals surface area contributed by atoms with E-state index in [9.17, 15) is 15.0 Å². The predicted molar refractivity (Wildman–Crippen MR) is 55.8 cm³/mol. The van der Waals surface area contributed by atoms with Gasteiger partial charge in [0.1, 0.15) is 5.75 Å². The van der Waals surface area contributed by atoms with Crippen LogP contribution in [0.3, 0.4) is 0 Å². The smallest absolute Gasteiger partial charge is 0.311 e. The Kier molecular flexibility index (Phi) is 2.62. The van der Waals surface area contributed by atoms with Gasteiger partial charge in [0.05, 0.1) is 5.92 Å². The van der Waals surface area contributed by atoms with Crippen LogP contribution >= 0.6 is 0 Å². The van der Waals surface area contributed by atoms with E-state index in [1.54, 1.807) is 24.3 Å². The summed E-state index contributed by atoms with van der Waals surface area (Å²) in [4.78, 5) is 11.2. The van der Waals surface area contributed by atoms with Crippen LogP contribution in [-0.4, -0.2) is 16.2 Å². The van der Waals surface area contributed by atoms with Crippen molar-refractivity contribution in [2.24, 2.45) is 5.92 Å². The summed E-state index contributed by atoms with van der Waals surface area (Å²) in [5, 5.41) is 18.5. The minimum Gasteiger partial charge on any atom is -0.508 e. The highest BCUT2D eigenvalue weighted by Gasteiger charge is 2.33. The Hall–Kier alpha value is -1.51. The molecule has 1 atom stereocenters. The van der Waals surface area contributed by atoms with Crippen molar-refractivity contribution in [1.82, 2.24) is 0 Å². The Morgan fingerprint density at radius 3 is 2.60 bits per heavy atom. The van der Waals surface area contributed by atoms with Crippen LogP contribution in [0, 0.1) is 5.92 Å². The van der Waals surface area contributed by atoms with Gasteiger partial charge in [-0.15, -0.1) is 0 Å². The number of hydrogen-bond acceptors (Lipinski definition) is 2. The average molecular weight is 206 g/mol. The molecule has 0 amide bonds. The number of phenols is 1. The molecule has 1 aromatic carbocycles. The molecule has 0 radical (unpaired) electrons. The van der Waals surface area contributed by atoms with E-state index in [0.29, 0.717) is 5.56 Å². The first-order valence-corrected chi connectivity index (χ1v) is 5.20. The largest absolute Gasteiger partial charge is 0.508 e. The molecule has 0 aromatic heterocycles. The summed E-state index contributed by atoms with van der Waals surface area (Å²) in [6.07, 6.45) is 3.08. The van der Waals surface area contributed by atoms with Crippen molar-refractivity contribution in [2.75, 3.05) is 0 Å². The van der Waals surface area contributed by atoms with E-state index in [-0.39, 0.29) is 11.7 Å². The van der Waals surface area contributed by atoms with Gasteiger partial charge in [-0.1, -0.05) is 18.6 Å². The monoisotopic (exact) mass is 206 g/mol. The van der Waals surface area contributed by atoms with Crippen molar-refractivity contribution < 1.29 is 15.0 Å². The van der Waals surface area contributed by atoms with Crippen LogP contribution in [0.15, 0.2) is 24.3 Å². The molecule has 0 bridgehead atoms. The molecule has 2 rings (SSSR count). The van der Waals surface area contributed by atoms with Crippen LogP contribution < -0.4 is 0 Å². The fourth-order valence-electron chi connectivity index (χ4n) is 2.11. The normalized spacial score (nSPS) is 18.1. The zero-order chi connectivity index (χ0) is 10.8. The third-order valence-electron chi connectivity index (χ3n) is 3.12. The molecule has 0 heterocycles. The number of rotatable bonds is 3. The quantitative estimate of drug-likeness (QED) is 0.798. The number of aliphatic carboxylic acids is 1.